The lowest BCUT2D eigenvalue weighted by atomic mass is 10.2. The molecule has 0 aliphatic heterocycles. The van der Waals surface area contributed by atoms with Crippen molar-refractivity contribution in [3.05, 3.63) is 48.5 Å². The normalized spacial score (nSPS) is 10.0. The van der Waals surface area contributed by atoms with Crippen LogP contribution in [-0.2, 0) is 4.79 Å². The minimum atomic E-state index is 0.634. The molecule has 0 atom stereocenters. The third-order valence-electron chi connectivity index (χ3n) is 1.35. The standard InChI is InChI=1S/C10H10NO/c12-9-11-8-4-7-10-5-2-1-3-6-10/h1-9H,(H,11,12)/b7-4+. The van der Waals surface area contributed by atoms with Gasteiger partial charge in [0.05, 0.1) is 6.54 Å². The van der Waals surface area contributed by atoms with Crippen LogP contribution in [0.5, 0.6) is 0 Å². The number of rotatable bonds is 4. The van der Waals surface area contributed by atoms with Gasteiger partial charge in [-0.05, 0) is 5.56 Å². The van der Waals surface area contributed by atoms with E-state index in [2.05, 4.69) is 5.32 Å². The Balaban J connectivity index is 2.41. The number of benzene rings is 1. The van der Waals surface area contributed by atoms with E-state index in [-0.39, 0.29) is 0 Å². The summed E-state index contributed by atoms with van der Waals surface area (Å²) >= 11 is 0. The molecule has 0 saturated heterocycles. The fourth-order valence-corrected chi connectivity index (χ4v) is 0.818. The van der Waals surface area contributed by atoms with Crippen LogP contribution >= 0.6 is 0 Å². The fourth-order valence-electron chi connectivity index (χ4n) is 0.818. The second kappa shape index (κ2) is 5.13. The topological polar surface area (TPSA) is 29.1 Å². The number of nitrogens with one attached hydrogen (secondary N) is 1. The zero-order valence-corrected chi connectivity index (χ0v) is 6.60. The maximum atomic E-state index is 9.84. The van der Waals surface area contributed by atoms with Gasteiger partial charge in [0.1, 0.15) is 0 Å². The van der Waals surface area contributed by atoms with Gasteiger partial charge in [-0.2, -0.15) is 0 Å². The molecular formula is C10H10NO. The van der Waals surface area contributed by atoms with Crippen LogP contribution in [0.25, 0.3) is 6.08 Å². The first-order valence-electron chi connectivity index (χ1n) is 3.68. The summed E-state index contributed by atoms with van der Waals surface area (Å²) < 4.78 is 0. The largest absolute Gasteiger partial charge is 0.350 e. The molecular weight excluding hydrogens is 150 g/mol. The zero-order chi connectivity index (χ0) is 8.65. The Kier molecular flexibility index (Phi) is 3.64. The number of hydrogen-bond acceptors (Lipinski definition) is 1. The van der Waals surface area contributed by atoms with E-state index >= 15 is 0 Å². The molecule has 0 aromatic heterocycles. The van der Waals surface area contributed by atoms with Crippen molar-refractivity contribution in [1.29, 1.82) is 0 Å². The summed E-state index contributed by atoms with van der Waals surface area (Å²) in [6, 6.07) is 9.88. The first-order chi connectivity index (χ1) is 5.93. The SMILES string of the molecule is O=CN[CH]/C=C/c1ccccc1. The van der Waals surface area contributed by atoms with Gasteiger partial charge in [-0.15, -0.1) is 0 Å². The molecule has 61 valence electrons. The lowest BCUT2D eigenvalue weighted by Crippen LogP contribution is -2.02. The third kappa shape index (κ3) is 3.01. The van der Waals surface area contributed by atoms with Gasteiger partial charge in [-0.25, -0.2) is 0 Å². The molecule has 0 saturated carbocycles. The van der Waals surface area contributed by atoms with E-state index in [0.717, 1.165) is 5.56 Å². The second-order valence-electron chi connectivity index (χ2n) is 2.22. The zero-order valence-electron chi connectivity index (χ0n) is 6.60. The van der Waals surface area contributed by atoms with Crippen LogP contribution in [0.3, 0.4) is 0 Å². The van der Waals surface area contributed by atoms with E-state index in [0.29, 0.717) is 6.41 Å². The van der Waals surface area contributed by atoms with E-state index in [1.807, 2.05) is 36.4 Å². The number of carbonyl (C=O) groups is 1. The molecule has 0 heterocycles. The molecule has 0 spiro atoms. The van der Waals surface area contributed by atoms with Crippen molar-refractivity contribution in [3.8, 4) is 0 Å². The van der Waals surface area contributed by atoms with Crippen LogP contribution in [0.15, 0.2) is 36.4 Å². The molecule has 0 aliphatic rings. The lowest BCUT2D eigenvalue weighted by Gasteiger charge is -1.90. The van der Waals surface area contributed by atoms with Crippen LogP contribution in [0, 0.1) is 6.54 Å². The highest BCUT2D eigenvalue weighted by Gasteiger charge is 1.81. The van der Waals surface area contributed by atoms with E-state index in [9.17, 15) is 4.79 Å². The van der Waals surface area contributed by atoms with Crippen molar-refractivity contribution in [2.75, 3.05) is 0 Å². The summed E-state index contributed by atoms with van der Waals surface area (Å²) in [6.07, 6.45) is 4.33. The Morgan fingerprint density at radius 1 is 1.17 bits per heavy atom. The average molecular weight is 160 g/mol. The lowest BCUT2D eigenvalue weighted by molar-refractivity contribution is -0.108. The van der Waals surface area contributed by atoms with Gasteiger partial charge in [0.25, 0.3) is 0 Å². The van der Waals surface area contributed by atoms with Crippen molar-refractivity contribution in [1.82, 2.24) is 5.32 Å². The Hall–Kier alpha value is -1.57. The van der Waals surface area contributed by atoms with Crippen LogP contribution in [0.2, 0.25) is 0 Å². The Morgan fingerprint density at radius 3 is 2.58 bits per heavy atom. The van der Waals surface area contributed by atoms with Gasteiger partial charge >= 0.3 is 0 Å². The van der Waals surface area contributed by atoms with Crippen LogP contribution < -0.4 is 5.32 Å². The Bertz CT molecular complexity index is 254. The van der Waals surface area contributed by atoms with Crippen LogP contribution in [-0.4, -0.2) is 6.41 Å². The van der Waals surface area contributed by atoms with Crippen LogP contribution in [0.4, 0.5) is 0 Å². The minimum absolute atomic E-state index is 0.634. The maximum absolute atomic E-state index is 9.84. The molecule has 0 bridgehead atoms. The van der Waals surface area contributed by atoms with Crippen molar-refractivity contribution in [2.24, 2.45) is 0 Å². The second-order valence-corrected chi connectivity index (χ2v) is 2.22. The highest BCUT2D eigenvalue weighted by atomic mass is 16.1. The minimum Gasteiger partial charge on any atom is -0.350 e. The molecule has 1 amide bonds. The maximum Gasteiger partial charge on any atom is 0.207 e. The number of amides is 1. The summed E-state index contributed by atoms with van der Waals surface area (Å²) in [6.45, 7) is 1.58. The van der Waals surface area contributed by atoms with E-state index < -0.39 is 0 Å². The van der Waals surface area contributed by atoms with Gasteiger partial charge in [-0.3, -0.25) is 4.79 Å². The smallest absolute Gasteiger partial charge is 0.207 e. The molecule has 2 nitrogen and oxygen atoms in total. The molecule has 0 fully saturated rings. The first-order valence-corrected chi connectivity index (χ1v) is 3.68. The van der Waals surface area contributed by atoms with Crippen molar-refractivity contribution in [3.63, 3.8) is 0 Å². The predicted octanol–water partition coefficient (Wildman–Crippen LogP) is 1.61. The molecule has 0 aliphatic carbocycles. The quantitative estimate of drug-likeness (QED) is 0.526. The fraction of sp³-hybridized carbons (Fsp3) is 0. The van der Waals surface area contributed by atoms with Gasteiger partial charge < -0.3 is 5.32 Å². The van der Waals surface area contributed by atoms with Gasteiger partial charge in [0, 0.05) is 0 Å². The van der Waals surface area contributed by atoms with Crippen molar-refractivity contribution < 1.29 is 4.79 Å². The monoisotopic (exact) mass is 160 g/mol. The van der Waals surface area contributed by atoms with E-state index in [1.165, 1.54) is 0 Å². The summed E-state index contributed by atoms with van der Waals surface area (Å²) in [5.41, 5.74) is 1.11. The Labute approximate surface area is 71.9 Å². The molecule has 1 aromatic carbocycles. The van der Waals surface area contributed by atoms with Gasteiger partial charge in [-0.1, -0.05) is 42.5 Å². The molecule has 2 heteroatoms. The predicted molar refractivity (Wildman–Crippen MR) is 49.0 cm³/mol. The molecule has 1 rings (SSSR count). The molecule has 1 radical (unpaired) electrons. The van der Waals surface area contributed by atoms with Crippen LogP contribution in [0.1, 0.15) is 5.56 Å². The highest BCUT2D eigenvalue weighted by Crippen LogP contribution is 2.00. The number of hydrogen-bond donors (Lipinski definition) is 1. The summed E-state index contributed by atoms with van der Waals surface area (Å²) in [7, 11) is 0. The molecule has 12 heavy (non-hydrogen) atoms. The first kappa shape index (κ1) is 8.53. The average Bonchev–Trinajstić information content (AvgIpc) is 2.14. The molecule has 1 aromatic rings. The van der Waals surface area contributed by atoms with Gasteiger partial charge in [0.15, 0.2) is 0 Å². The third-order valence-corrected chi connectivity index (χ3v) is 1.35. The van der Waals surface area contributed by atoms with Gasteiger partial charge in [0.2, 0.25) is 6.41 Å². The summed E-state index contributed by atoms with van der Waals surface area (Å²) in [5, 5.41) is 2.43. The number of carbonyl (C=O) groups excluding carboxylic acids is 1. The van der Waals surface area contributed by atoms with E-state index in [4.69, 9.17) is 0 Å². The van der Waals surface area contributed by atoms with Crippen molar-refractivity contribution >= 4 is 12.5 Å². The highest BCUT2D eigenvalue weighted by molar-refractivity contribution is 5.53. The van der Waals surface area contributed by atoms with Crippen molar-refractivity contribution in [2.45, 2.75) is 0 Å². The molecule has 1 N–H and O–H groups in total. The van der Waals surface area contributed by atoms with E-state index in [1.54, 1.807) is 12.6 Å². The summed E-state index contributed by atoms with van der Waals surface area (Å²) in [4.78, 5) is 9.84. The Morgan fingerprint density at radius 2 is 1.92 bits per heavy atom. The summed E-state index contributed by atoms with van der Waals surface area (Å²) in [5.74, 6) is 0. The molecule has 0 unspecified atom stereocenters.